The highest BCUT2D eigenvalue weighted by Gasteiger charge is 2.16. The fraction of sp³-hybridized carbons (Fsp3) is 0.318. The molecule has 0 radical (unpaired) electrons. The van der Waals surface area contributed by atoms with Crippen LogP contribution < -0.4 is 10.1 Å². The summed E-state index contributed by atoms with van der Waals surface area (Å²) < 4.78 is 20.9. The maximum atomic E-state index is 13.1. The Bertz CT molecular complexity index is 938. The third kappa shape index (κ3) is 4.48. The number of rotatable bonds is 6. The Labute approximate surface area is 159 Å². The second kappa shape index (κ2) is 7.43. The maximum absolute atomic E-state index is 13.1. The third-order valence-electron chi connectivity index (χ3n) is 4.44. The van der Waals surface area contributed by atoms with Gasteiger partial charge >= 0.3 is 0 Å². The van der Waals surface area contributed by atoms with E-state index >= 15 is 0 Å². The number of nitrogens with one attached hydrogen (secondary N) is 1. The number of nitrogens with zero attached hydrogens (tertiary/aromatic N) is 2. The zero-order chi connectivity index (χ0) is 19.6. The van der Waals surface area contributed by atoms with Crippen molar-refractivity contribution >= 4 is 10.9 Å². The van der Waals surface area contributed by atoms with Crippen molar-refractivity contribution in [1.29, 1.82) is 0 Å². The van der Waals surface area contributed by atoms with Crippen molar-refractivity contribution < 1.29 is 9.13 Å². The molecule has 3 aromatic rings. The van der Waals surface area contributed by atoms with Gasteiger partial charge in [0.15, 0.2) is 0 Å². The molecule has 1 atom stereocenters. The van der Waals surface area contributed by atoms with Crippen LogP contribution in [0.15, 0.2) is 60.9 Å². The van der Waals surface area contributed by atoms with Crippen molar-refractivity contribution in [3.63, 3.8) is 0 Å². The molecule has 5 heteroatoms. The molecule has 0 aliphatic rings. The summed E-state index contributed by atoms with van der Waals surface area (Å²) >= 11 is 0. The number of allylic oxidation sites excluding steroid dienone is 1. The Morgan fingerprint density at radius 1 is 1.22 bits per heavy atom. The van der Waals surface area contributed by atoms with Crippen molar-refractivity contribution in [2.24, 2.45) is 5.41 Å². The van der Waals surface area contributed by atoms with E-state index in [-0.39, 0.29) is 17.3 Å². The Kier molecular flexibility index (Phi) is 5.22. The molecule has 0 saturated heterocycles. The molecule has 1 aromatic heterocycles. The van der Waals surface area contributed by atoms with Crippen LogP contribution in [0.2, 0.25) is 0 Å². The van der Waals surface area contributed by atoms with Crippen molar-refractivity contribution in [3.05, 3.63) is 66.8 Å². The summed E-state index contributed by atoms with van der Waals surface area (Å²) in [5, 5.41) is 8.77. The Balaban J connectivity index is 1.69. The number of aromatic nitrogens is 2. The average Bonchev–Trinajstić information content (AvgIpc) is 3.03. The summed E-state index contributed by atoms with van der Waals surface area (Å²) in [7, 11) is 0. The van der Waals surface area contributed by atoms with Crippen molar-refractivity contribution in [1.82, 2.24) is 15.1 Å². The van der Waals surface area contributed by atoms with E-state index in [0.717, 1.165) is 28.0 Å². The molecule has 0 fully saturated rings. The number of ether oxygens (including phenoxy) is 1. The highest BCUT2D eigenvalue weighted by atomic mass is 19.1. The van der Waals surface area contributed by atoms with E-state index in [0.29, 0.717) is 6.61 Å². The number of halogens is 1. The average molecular weight is 367 g/mol. The minimum atomic E-state index is -0.261. The molecule has 27 heavy (non-hydrogen) atoms. The minimum absolute atomic E-state index is 0.0160. The quantitative estimate of drug-likeness (QED) is 0.660. The Hall–Kier alpha value is -2.82. The Morgan fingerprint density at radius 3 is 2.59 bits per heavy atom. The van der Waals surface area contributed by atoms with Gasteiger partial charge < -0.3 is 10.1 Å². The fourth-order valence-electron chi connectivity index (χ4n) is 2.67. The molecule has 0 bridgehead atoms. The van der Waals surface area contributed by atoms with Gasteiger partial charge in [0.1, 0.15) is 18.2 Å². The maximum Gasteiger partial charge on any atom is 0.123 e. The lowest BCUT2D eigenvalue weighted by atomic mass is 9.92. The second-order valence-electron chi connectivity index (χ2n) is 7.84. The molecule has 0 aliphatic carbocycles. The van der Waals surface area contributed by atoms with Crippen LogP contribution in [0.1, 0.15) is 27.7 Å². The first kappa shape index (κ1) is 19.0. The fourth-order valence-corrected chi connectivity index (χ4v) is 2.67. The first-order chi connectivity index (χ1) is 12.7. The van der Waals surface area contributed by atoms with Crippen LogP contribution >= 0.6 is 0 Å². The lowest BCUT2D eigenvalue weighted by molar-refractivity contribution is 0.273. The molecule has 3 rings (SSSR count). The van der Waals surface area contributed by atoms with Crippen molar-refractivity contribution in [2.75, 3.05) is 6.61 Å². The summed E-state index contributed by atoms with van der Waals surface area (Å²) in [6, 6.07) is 12.3. The molecule has 0 unspecified atom stereocenters. The molecule has 0 aliphatic heterocycles. The normalized spacial score (nSPS) is 12.8. The lowest BCUT2D eigenvalue weighted by Gasteiger charge is -2.26. The van der Waals surface area contributed by atoms with Crippen molar-refractivity contribution in [3.8, 4) is 11.4 Å². The van der Waals surface area contributed by atoms with E-state index in [9.17, 15) is 4.39 Å². The SMILES string of the molecule is C=C(N[C@@H](C)COc1ccc2c(cnn2-c2ccc(F)cc2)c1)C(C)(C)C. The summed E-state index contributed by atoms with van der Waals surface area (Å²) in [4.78, 5) is 0. The van der Waals surface area contributed by atoms with E-state index < -0.39 is 0 Å². The standard InChI is InChI=1S/C22H26FN3O/c1-15(25-16(2)22(3,4)5)14-27-20-10-11-21-17(12-20)13-24-26(21)19-8-6-18(23)7-9-19/h6-13,15,25H,2,14H2,1,3-5H3/t15-/m0/s1. The van der Waals surface area contributed by atoms with Gasteiger partial charge in [-0.2, -0.15) is 5.10 Å². The predicted octanol–water partition coefficient (Wildman–Crippen LogP) is 5.08. The van der Waals surface area contributed by atoms with Crippen LogP contribution in [0.3, 0.4) is 0 Å². The molecule has 4 nitrogen and oxygen atoms in total. The van der Waals surface area contributed by atoms with Gasteiger partial charge in [0.25, 0.3) is 0 Å². The lowest BCUT2D eigenvalue weighted by Crippen LogP contribution is -2.35. The topological polar surface area (TPSA) is 39.1 Å². The minimum Gasteiger partial charge on any atom is -0.491 e. The zero-order valence-electron chi connectivity index (χ0n) is 16.3. The van der Waals surface area contributed by atoms with Gasteiger partial charge in [0.2, 0.25) is 0 Å². The van der Waals surface area contributed by atoms with Crippen LogP contribution in [-0.4, -0.2) is 22.4 Å². The van der Waals surface area contributed by atoms with Gasteiger partial charge in [-0.25, -0.2) is 9.07 Å². The van der Waals surface area contributed by atoms with Crippen LogP contribution in [-0.2, 0) is 0 Å². The van der Waals surface area contributed by atoms with Gasteiger partial charge in [0.05, 0.1) is 23.4 Å². The number of hydrogen-bond acceptors (Lipinski definition) is 3. The van der Waals surface area contributed by atoms with Gasteiger partial charge in [-0.15, -0.1) is 0 Å². The van der Waals surface area contributed by atoms with Gasteiger partial charge in [-0.3, -0.25) is 0 Å². The second-order valence-corrected chi connectivity index (χ2v) is 7.84. The van der Waals surface area contributed by atoms with Crippen LogP contribution in [0.5, 0.6) is 5.75 Å². The third-order valence-corrected chi connectivity index (χ3v) is 4.44. The van der Waals surface area contributed by atoms with Gasteiger partial charge in [-0.1, -0.05) is 27.4 Å². The smallest absolute Gasteiger partial charge is 0.123 e. The van der Waals surface area contributed by atoms with Gasteiger partial charge in [-0.05, 0) is 49.4 Å². The van der Waals surface area contributed by atoms with E-state index in [1.807, 2.05) is 18.2 Å². The molecule has 2 aromatic carbocycles. The molecule has 0 spiro atoms. The zero-order valence-corrected chi connectivity index (χ0v) is 16.3. The van der Waals surface area contributed by atoms with Crippen molar-refractivity contribution in [2.45, 2.75) is 33.7 Å². The molecular formula is C22H26FN3O. The predicted molar refractivity (Wildman–Crippen MR) is 108 cm³/mol. The highest BCUT2D eigenvalue weighted by Crippen LogP contribution is 2.24. The van der Waals surface area contributed by atoms with E-state index in [2.05, 4.69) is 44.7 Å². The van der Waals surface area contributed by atoms with E-state index in [1.165, 1.54) is 12.1 Å². The number of fused-ring (bicyclic) bond motifs is 1. The molecule has 0 saturated carbocycles. The summed E-state index contributed by atoms with van der Waals surface area (Å²) in [5.41, 5.74) is 2.77. The molecule has 1 heterocycles. The summed E-state index contributed by atoms with van der Waals surface area (Å²) in [6.07, 6.45) is 1.79. The first-order valence-electron chi connectivity index (χ1n) is 9.06. The Morgan fingerprint density at radius 2 is 1.93 bits per heavy atom. The highest BCUT2D eigenvalue weighted by molar-refractivity contribution is 5.81. The number of benzene rings is 2. The van der Waals surface area contributed by atoms with Crippen LogP contribution in [0.4, 0.5) is 4.39 Å². The molecule has 0 amide bonds. The van der Waals surface area contributed by atoms with Crippen LogP contribution in [0, 0.1) is 11.2 Å². The first-order valence-corrected chi connectivity index (χ1v) is 9.06. The summed E-state index contributed by atoms with van der Waals surface area (Å²) in [5.74, 6) is 0.527. The largest absolute Gasteiger partial charge is 0.491 e. The molecule has 1 N–H and O–H groups in total. The molecular weight excluding hydrogens is 341 g/mol. The van der Waals surface area contributed by atoms with Crippen LogP contribution in [0.25, 0.3) is 16.6 Å². The van der Waals surface area contributed by atoms with Gasteiger partial charge in [0, 0.05) is 16.5 Å². The van der Waals surface area contributed by atoms with E-state index in [1.54, 1.807) is 23.0 Å². The molecule has 142 valence electrons. The monoisotopic (exact) mass is 367 g/mol. The summed E-state index contributed by atoms with van der Waals surface area (Å²) in [6.45, 7) is 13.1. The number of hydrogen-bond donors (Lipinski definition) is 1. The van der Waals surface area contributed by atoms with E-state index in [4.69, 9.17) is 4.74 Å².